The van der Waals surface area contributed by atoms with Crippen molar-refractivity contribution in [1.82, 2.24) is 14.6 Å². The van der Waals surface area contributed by atoms with Crippen LogP contribution in [-0.4, -0.2) is 50.4 Å². The molecule has 0 atom stereocenters. The molecule has 33 heavy (non-hydrogen) atoms. The number of ether oxygens (including phenoxy) is 1. The largest absolute Gasteiger partial charge is 0.465 e. The molecule has 1 aromatic heterocycles. The summed E-state index contributed by atoms with van der Waals surface area (Å²) in [5, 5.41) is 0.890. The summed E-state index contributed by atoms with van der Waals surface area (Å²) < 4.78 is 32.6. The number of aromatic nitrogens is 1. The number of nitrogens with one attached hydrogen (secondary N) is 2. The minimum atomic E-state index is -3.69. The molecule has 2 heterocycles. The van der Waals surface area contributed by atoms with Gasteiger partial charge in [-0.1, -0.05) is 17.7 Å². The van der Waals surface area contributed by atoms with Crippen LogP contribution < -0.4 is 4.72 Å². The van der Waals surface area contributed by atoms with Gasteiger partial charge in [0.25, 0.3) is 0 Å². The minimum absolute atomic E-state index is 0.0260. The van der Waals surface area contributed by atoms with Crippen LogP contribution >= 0.6 is 0 Å². The Morgan fingerprint density at radius 2 is 1.94 bits per heavy atom. The van der Waals surface area contributed by atoms with Crippen molar-refractivity contribution in [3.63, 3.8) is 0 Å². The average molecular weight is 470 g/mol. The lowest BCUT2D eigenvalue weighted by atomic mass is 10.0. The molecule has 2 N–H and O–H groups in total. The SMILES string of the molecule is COC(=O)c1ccc2[nH]c3c(c2c1)CN(C(=O)CCNS(=O)(=O)c1ccc(C)cc1C)CC3. The molecule has 174 valence electrons. The van der Waals surface area contributed by atoms with Gasteiger partial charge in [-0.15, -0.1) is 0 Å². The Morgan fingerprint density at radius 3 is 2.67 bits per heavy atom. The summed E-state index contributed by atoms with van der Waals surface area (Å²) in [4.78, 5) is 30.1. The zero-order valence-electron chi connectivity index (χ0n) is 18.9. The first-order chi connectivity index (χ1) is 15.7. The van der Waals surface area contributed by atoms with Gasteiger partial charge in [-0.2, -0.15) is 0 Å². The molecule has 3 aromatic rings. The Kier molecular flexibility index (Phi) is 6.27. The number of carbonyl (C=O) groups excluding carboxylic acids is 2. The lowest BCUT2D eigenvalue weighted by Gasteiger charge is -2.27. The number of hydrogen-bond donors (Lipinski definition) is 2. The summed E-state index contributed by atoms with van der Waals surface area (Å²) in [6, 6.07) is 10.5. The fraction of sp³-hybridized carbons (Fsp3) is 0.333. The van der Waals surface area contributed by atoms with Crippen LogP contribution in [0, 0.1) is 13.8 Å². The highest BCUT2D eigenvalue weighted by Gasteiger charge is 2.25. The number of nitrogens with zero attached hydrogens (tertiary/aromatic N) is 1. The number of sulfonamides is 1. The van der Waals surface area contributed by atoms with E-state index in [1.165, 1.54) is 7.11 Å². The van der Waals surface area contributed by atoms with E-state index in [2.05, 4.69) is 9.71 Å². The molecule has 1 amide bonds. The highest BCUT2D eigenvalue weighted by atomic mass is 32.2. The molecule has 0 aliphatic carbocycles. The van der Waals surface area contributed by atoms with Gasteiger partial charge >= 0.3 is 5.97 Å². The Bertz CT molecular complexity index is 1340. The Hall–Kier alpha value is -3.17. The second kappa shape index (κ2) is 8.99. The normalized spacial score (nSPS) is 13.7. The van der Waals surface area contributed by atoms with Gasteiger partial charge in [0.05, 0.1) is 17.6 Å². The van der Waals surface area contributed by atoms with Gasteiger partial charge in [0.1, 0.15) is 0 Å². The fourth-order valence-electron chi connectivity index (χ4n) is 4.30. The van der Waals surface area contributed by atoms with Crippen molar-refractivity contribution in [3.8, 4) is 0 Å². The topological polar surface area (TPSA) is 109 Å². The van der Waals surface area contributed by atoms with Gasteiger partial charge in [-0.05, 0) is 43.7 Å². The average Bonchev–Trinajstić information content (AvgIpc) is 3.15. The maximum Gasteiger partial charge on any atom is 0.337 e. The van der Waals surface area contributed by atoms with E-state index in [0.717, 1.165) is 27.7 Å². The van der Waals surface area contributed by atoms with Crippen LogP contribution in [-0.2, 0) is 32.5 Å². The molecule has 0 radical (unpaired) electrons. The molecule has 4 rings (SSSR count). The smallest absolute Gasteiger partial charge is 0.337 e. The Labute approximate surface area is 193 Å². The predicted molar refractivity (Wildman–Crippen MR) is 124 cm³/mol. The van der Waals surface area contributed by atoms with Gasteiger partial charge < -0.3 is 14.6 Å². The number of fused-ring (bicyclic) bond motifs is 3. The second-order valence-corrected chi connectivity index (χ2v) is 10.1. The number of aromatic amines is 1. The van der Waals surface area contributed by atoms with Gasteiger partial charge in [-0.3, -0.25) is 4.79 Å². The van der Waals surface area contributed by atoms with E-state index in [1.54, 1.807) is 36.1 Å². The maximum absolute atomic E-state index is 12.8. The third kappa shape index (κ3) is 4.65. The molecule has 0 saturated heterocycles. The van der Waals surface area contributed by atoms with E-state index in [4.69, 9.17) is 4.74 Å². The van der Waals surface area contributed by atoms with E-state index in [9.17, 15) is 18.0 Å². The molecule has 1 aliphatic rings. The number of methoxy groups -OCH3 is 1. The van der Waals surface area contributed by atoms with Crippen LogP contribution in [0.3, 0.4) is 0 Å². The van der Waals surface area contributed by atoms with Gasteiger partial charge in [0.15, 0.2) is 0 Å². The van der Waals surface area contributed by atoms with Crippen molar-refractivity contribution in [1.29, 1.82) is 0 Å². The van der Waals surface area contributed by atoms with Gasteiger partial charge in [0.2, 0.25) is 15.9 Å². The van der Waals surface area contributed by atoms with Crippen molar-refractivity contribution >= 4 is 32.8 Å². The number of rotatable bonds is 6. The highest BCUT2D eigenvalue weighted by molar-refractivity contribution is 7.89. The van der Waals surface area contributed by atoms with E-state index in [1.807, 2.05) is 19.1 Å². The lowest BCUT2D eigenvalue weighted by Crippen LogP contribution is -2.38. The van der Waals surface area contributed by atoms with Gasteiger partial charge in [-0.25, -0.2) is 17.9 Å². The monoisotopic (exact) mass is 469 g/mol. The Balaban J connectivity index is 1.43. The van der Waals surface area contributed by atoms with Crippen LogP contribution in [0.2, 0.25) is 0 Å². The van der Waals surface area contributed by atoms with E-state index >= 15 is 0 Å². The first-order valence-electron chi connectivity index (χ1n) is 10.8. The van der Waals surface area contributed by atoms with Gasteiger partial charge in [0, 0.05) is 54.6 Å². The molecule has 0 spiro atoms. The van der Waals surface area contributed by atoms with Crippen LogP contribution in [0.15, 0.2) is 41.3 Å². The lowest BCUT2D eigenvalue weighted by molar-refractivity contribution is -0.131. The van der Waals surface area contributed by atoms with Crippen molar-refractivity contribution in [2.75, 3.05) is 20.2 Å². The number of hydrogen-bond acceptors (Lipinski definition) is 5. The summed E-state index contributed by atoms with van der Waals surface area (Å²) in [5.41, 5.74) is 5.04. The maximum atomic E-state index is 12.8. The number of esters is 1. The number of amides is 1. The van der Waals surface area contributed by atoms with Crippen LogP contribution in [0.5, 0.6) is 0 Å². The molecular weight excluding hydrogens is 442 g/mol. The number of carbonyl (C=O) groups is 2. The fourth-order valence-corrected chi connectivity index (χ4v) is 5.56. The summed E-state index contributed by atoms with van der Waals surface area (Å²) in [6.45, 7) is 4.64. The van der Waals surface area contributed by atoms with E-state index in [0.29, 0.717) is 30.6 Å². The summed E-state index contributed by atoms with van der Waals surface area (Å²) >= 11 is 0. The van der Waals surface area contributed by atoms with E-state index < -0.39 is 16.0 Å². The van der Waals surface area contributed by atoms with Crippen molar-refractivity contribution in [3.05, 3.63) is 64.3 Å². The van der Waals surface area contributed by atoms with Crippen LogP contribution in [0.4, 0.5) is 0 Å². The predicted octanol–water partition coefficient (Wildman–Crippen LogP) is 2.82. The molecule has 1 aliphatic heterocycles. The third-order valence-corrected chi connectivity index (χ3v) is 7.62. The number of H-pyrrole nitrogens is 1. The Morgan fingerprint density at radius 1 is 1.15 bits per heavy atom. The van der Waals surface area contributed by atoms with E-state index in [-0.39, 0.29) is 23.8 Å². The first-order valence-corrected chi connectivity index (χ1v) is 12.2. The number of aryl methyl sites for hydroxylation is 2. The summed E-state index contributed by atoms with van der Waals surface area (Å²) in [5.74, 6) is -0.533. The minimum Gasteiger partial charge on any atom is -0.465 e. The zero-order chi connectivity index (χ0) is 23.8. The first kappa shape index (κ1) is 23.0. The molecule has 0 unspecified atom stereocenters. The summed E-state index contributed by atoms with van der Waals surface area (Å²) in [6.07, 6.45) is 0.729. The molecule has 2 aromatic carbocycles. The second-order valence-electron chi connectivity index (χ2n) is 8.32. The molecule has 8 nitrogen and oxygen atoms in total. The third-order valence-electron chi connectivity index (χ3n) is 6.00. The molecule has 9 heteroatoms. The molecular formula is C24H27N3O5S. The quantitative estimate of drug-likeness (QED) is 0.540. The van der Waals surface area contributed by atoms with Crippen molar-refractivity contribution in [2.24, 2.45) is 0 Å². The van der Waals surface area contributed by atoms with Crippen molar-refractivity contribution in [2.45, 2.75) is 38.1 Å². The summed E-state index contributed by atoms with van der Waals surface area (Å²) in [7, 11) is -2.35. The highest BCUT2D eigenvalue weighted by Crippen LogP contribution is 2.29. The standard InChI is InChI=1S/C24H27N3O5S/c1-15-4-7-22(16(2)12-15)33(30,31)25-10-8-23(28)27-11-9-21-19(14-27)18-13-17(24(29)32-3)5-6-20(18)26-21/h4-7,12-13,25-26H,8-11,14H2,1-3H3. The molecule has 0 fully saturated rings. The van der Waals surface area contributed by atoms with Crippen LogP contribution in [0.25, 0.3) is 10.9 Å². The number of benzene rings is 2. The molecule has 0 bridgehead atoms. The zero-order valence-corrected chi connectivity index (χ0v) is 19.7. The molecule has 0 saturated carbocycles. The van der Waals surface area contributed by atoms with Crippen molar-refractivity contribution < 1.29 is 22.7 Å². The van der Waals surface area contributed by atoms with Crippen LogP contribution in [0.1, 0.15) is 39.2 Å².